The molecule has 2 aromatic carbocycles. The van der Waals surface area contributed by atoms with Crippen molar-refractivity contribution in [1.29, 1.82) is 0 Å². The van der Waals surface area contributed by atoms with Crippen molar-refractivity contribution in [2.75, 3.05) is 19.0 Å². The van der Waals surface area contributed by atoms with Crippen LogP contribution in [-0.4, -0.2) is 30.7 Å². The molecule has 0 saturated heterocycles. The minimum atomic E-state index is -0.641. The first-order valence-corrected chi connectivity index (χ1v) is 9.05. The molecule has 0 saturated carbocycles. The number of esters is 1. The maximum Gasteiger partial charge on any atom is 0.331 e. The van der Waals surface area contributed by atoms with Crippen LogP contribution in [0.2, 0.25) is 0 Å². The number of hydrogen-bond acceptors (Lipinski definition) is 5. The van der Waals surface area contributed by atoms with E-state index in [0.717, 1.165) is 17.7 Å². The van der Waals surface area contributed by atoms with Gasteiger partial charge in [0.25, 0.3) is 5.91 Å². The molecule has 0 unspecified atom stereocenters. The number of para-hydroxylation sites is 1. The lowest BCUT2D eigenvalue weighted by molar-refractivity contribution is -0.142. The molecule has 0 fully saturated rings. The number of methoxy groups -OCH3 is 1. The van der Waals surface area contributed by atoms with Crippen molar-refractivity contribution in [2.45, 2.75) is 26.2 Å². The van der Waals surface area contributed by atoms with E-state index in [2.05, 4.69) is 19.2 Å². The third kappa shape index (κ3) is 5.87. The SMILES string of the molecule is CC[C@H](C)c1ccccc1NC(=O)COC(=O)/C=C/c1ccc(O)c(OC)c1. The van der Waals surface area contributed by atoms with Crippen LogP contribution in [0.1, 0.15) is 37.3 Å². The Morgan fingerprint density at radius 3 is 2.68 bits per heavy atom. The molecule has 1 atom stereocenters. The molecule has 2 rings (SSSR count). The van der Waals surface area contributed by atoms with Gasteiger partial charge in [-0.05, 0) is 47.7 Å². The Hall–Kier alpha value is -3.28. The van der Waals surface area contributed by atoms with Gasteiger partial charge in [0.2, 0.25) is 0 Å². The molecule has 0 bridgehead atoms. The fourth-order valence-corrected chi connectivity index (χ4v) is 2.59. The molecule has 2 aromatic rings. The second-order valence-electron chi connectivity index (χ2n) is 6.32. The Morgan fingerprint density at radius 1 is 1.21 bits per heavy atom. The fraction of sp³-hybridized carbons (Fsp3) is 0.273. The van der Waals surface area contributed by atoms with E-state index < -0.39 is 11.9 Å². The summed E-state index contributed by atoms with van der Waals surface area (Å²) in [6.45, 7) is 3.80. The lowest BCUT2D eigenvalue weighted by Crippen LogP contribution is -2.21. The van der Waals surface area contributed by atoms with Gasteiger partial charge in [-0.25, -0.2) is 4.79 Å². The van der Waals surface area contributed by atoms with Crippen molar-refractivity contribution >= 4 is 23.6 Å². The number of carbonyl (C=O) groups is 2. The molecule has 0 aliphatic carbocycles. The van der Waals surface area contributed by atoms with E-state index in [0.29, 0.717) is 17.2 Å². The first kappa shape index (κ1) is 21.0. The van der Waals surface area contributed by atoms with Crippen molar-refractivity contribution in [3.8, 4) is 11.5 Å². The van der Waals surface area contributed by atoms with Crippen LogP contribution in [0.4, 0.5) is 5.69 Å². The first-order valence-electron chi connectivity index (χ1n) is 9.05. The van der Waals surface area contributed by atoms with Crippen molar-refractivity contribution in [3.63, 3.8) is 0 Å². The number of ether oxygens (including phenoxy) is 2. The molecule has 0 heterocycles. The van der Waals surface area contributed by atoms with Crippen LogP contribution >= 0.6 is 0 Å². The molecule has 6 nitrogen and oxygen atoms in total. The second kappa shape index (κ2) is 10.2. The number of carbonyl (C=O) groups excluding carboxylic acids is 2. The molecule has 2 N–H and O–H groups in total. The smallest absolute Gasteiger partial charge is 0.331 e. The van der Waals surface area contributed by atoms with Crippen LogP contribution < -0.4 is 10.1 Å². The standard InChI is InChI=1S/C22H25NO5/c1-4-15(2)17-7-5-6-8-18(17)23-21(25)14-28-22(26)12-10-16-9-11-19(24)20(13-16)27-3/h5-13,15,24H,4,14H2,1-3H3,(H,23,25)/b12-10+/t15-/m0/s1. The Kier molecular flexibility index (Phi) is 7.63. The minimum Gasteiger partial charge on any atom is -0.504 e. The number of anilines is 1. The largest absolute Gasteiger partial charge is 0.504 e. The molecule has 0 spiro atoms. The molecule has 28 heavy (non-hydrogen) atoms. The summed E-state index contributed by atoms with van der Waals surface area (Å²) in [7, 11) is 1.44. The maximum absolute atomic E-state index is 12.1. The lowest BCUT2D eigenvalue weighted by Gasteiger charge is -2.15. The average molecular weight is 383 g/mol. The summed E-state index contributed by atoms with van der Waals surface area (Å²) in [4.78, 5) is 24.0. The molecule has 148 valence electrons. The second-order valence-corrected chi connectivity index (χ2v) is 6.32. The highest BCUT2D eigenvalue weighted by Crippen LogP contribution is 2.27. The van der Waals surface area contributed by atoms with Crippen molar-refractivity contribution in [2.24, 2.45) is 0 Å². The third-order valence-corrected chi connectivity index (χ3v) is 4.34. The van der Waals surface area contributed by atoms with E-state index >= 15 is 0 Å². The van der Waals surface area contributed by atoms with Gasteiger partial charge >= 0.3 is 5.97 Å². The number of nitrogens with one attached hydrogen (secondary N) is 1. The molecular weight excluding hydrogens is 358 g/mol. The van der Waals surface area contributed by atoms with E-state index in [-0.39, 0.29) is 12.4 Å². The fourth-order valence-electron chi connectivity index (χ4n) is 2.59. The van der Waals surface area contributed by atoms with Gasteiger partial charge in [0.1, 0.15) is 0 Å². The number of rotatable bonds is 8. The van der Waals surface area contributed by atoms with Gasteiger partial charge in [-0.2, -0.15) is 0 Å². The number of benzene rings is 2. The zero-order valence-electron chi connectivity index (χ0n) is 16.3. The summed E-state index contributed by atoms with van der Waals surface area (Å²) in [6, 6.07) is 12.3. The molecule has 0 aliphatic rings. The van der Waals surface area contributed by atoms with Crippen molar-refractivity contribution in [3.05, 3.63) is 59.7 Å². The van der Waals surface area contributed by atoms with E-state index in [1.807, 2.05) is 24.3 Å². The van der Waals surface area contributed by atoms with Crippen LogP contribution in [0, 0.1) is 0 Å². The predicted molar refractivity (Wildman–Crippen MR) is 108 cm³/mol. The number of phenolic OH excluding ortho intramolecular Hbond substituents is 1. The van der Waals surface area contributed by atoms with E-state index in [1.165, 1.54) is 25.3 Å². The highest BCUT2D eigenvalue weighted by molar-refractivity contribution is 5.95. The predicted octanol–water partition coefficient (Wildman–Crippen LogP) is 4.11. The van der Waals surface area contributed by atoms with Crippen LogP contribution in [0.25, 0.3) is 6.08 Å². The number of aromatic hydroxyl groups is 1. The van der Waals surface area contributed by atoms with Crippen LogP contribution in [0.5, 0.6) is 11.5 Å². The van der Waals surface area contributed by atoms with Gasteiger partial charge in [0.15, 0.2) is 18.1 Å². The Balaban J connectivity index is 1.90. The maximum atomic E-state index is 12.1. The zero-order chi connectivity index (χ0) is 20.5. The summed E-state index contributed by atoms with van der Waals surface area (Å²) in [5.41, 5.74) is 2.43. The zero-order valence-corrected chi connectivity index (χ0v) is 16.3. The van der Waals surface area contributed by atoms with Crippen molar-refractivity contribution in [1.82, 2.24) is 0 Å². The van der Waals surface area contributed by atoms with Gasteiger partial charge < -0.3 is 19.9 Å². The van der Waals surface area contributed by atoms with E-state index in [9.17, 15) is 14.7 Å². The summed E-state index contributed by atoms with van der Waals surface area (Å²) in [5, 5.41) is 12.4. The quantitative estimate of drug-likeness (QED) is 0.529. The Morgan fingerprint density at radius 2 is 1.96 bits per heavy atom. The molecular formula is C22H25NO5. The average Bonchev–Trinajstić information content (AvgIpc) is 2.71. The van der Waals surface area contributed by atoms with Gasteiger partial charge in [0, 0.05) is 11.8 Å². The summed E-state index contributed by atoms with van der Waals surface area (Å²) >= 11 is 0. The first-order chi connectivity index (χ1) is 13.4. The van der Waals surface area contributed by atoms with Gasteiger partial charge in [0.05, 0.1) is 7.11 Å². The Bertz CT molecular complexity index is 860. The van der Waals surface area contributed by atoms with E-state index in [1.54, 1.807) is 12.1 Å². The van der Waals surface area contributed by atoms with Gasteiger partial charge in [-0.1, -0.05) is 38.1 Å². The summed E-state index contributed by atoms with van der Waals surface area (Å²) in [6.07, 6.45) is 3.68. The Labute approximate surface area is 164 Å². The van der Waals surface area contributed by atoms with Gasteiger partial charge in [-0.3, -0.25) is 4.79 Å². The number of amides is 1. The summed E-state index contributed by atoms with van der Waals surface area (Å²) in [5.74, 6) is -0.420. The third-order valence-electron chi connectivity index (χ3n) is 4.34. The minimum absolute atomic E-state index is 0.0107. The topological polar surface area (TPSA) is 84.9 Å². The van der Waals surface area contributed by atoms with Crippen LogP contribution in [-0.2, 0) is 14.3 Å². The summed E-state index contributed by atoms with van der Waals surface area (Å²) < 4.78 is 10.00. The van der Waals surface area contributed by atoms with Crippen molar-refractivity contribution < 1.29 is 24.2 Å². The monoisotopic (exact) mass is 383 g/mol. The molecule has 0 aliphatic heterocycles. The molecule has 6 heteroatoms. The highest BCUT2D eigenvalue weighted by atomic mass is 16.5. The molecule has 1 amide bonds. The van der Waals surface area contributed by atoms with Crippen LogP contribution in [0.3, 0.4) is 0 Å². The highest BCUT2D eigenvalue weighted by Gasteiger charge is 2.12. The molecule has 0 radical (unpaired) electrons. The number of phenols is 1. The molecule has 0 aromatic heterocycles. The number of hydrogen-bond donors (Lipinski definition) is 2. The van der Waals surface area contributed by atoms with Gasteiger partial charge in [-0.15, -0.1) is 0 Å². The normalized spacial score (nSPS) is 11.8. The van der Waals surface area contributed by atoms with Crippen LogP contribution in [0.15, 0.2) is 48.5 Å². The van der Waals surface area contributed by atoms with E-state index in [4.69, 9.17) is 9.47 Å². The lowest BCUT2D eigenvalue weighted by atomic mass is 9.97.